The van der Waals surface area contributed by atoms with Crippen molar-refractivity contribution in [2.24, 2.45) is 4.99 Å². The first-order chi connectivity index (χ1) is 11.7. The number of pyridine rings is 1. The third-order valence-corrected chi connectivity index (χ3v) is 3.74. The number of nitrogens with one attached hydrogen (secondary N) is 2. The third-order valence-electron chi connectivity index (χ3n) is 3.21. The van der Waals surface area contributed by atoms with Crippen molar-refractivity contribution in [3.8, 4) is 5.75 Å². The number of aromatic nitrogens is 1. The molecule has 2 N–H and O–H groups in total. The molecule has 1 heterocycles. The van der Waals surface area contributed by atoms with Crippen LogP contribution in [0.25, 0.3) is 0 Å². The van der Waals surface area contributed by atoms with Crippen molar-refractivity contribution < 1.29 is 4.74 Å². The molecule has 0 atom stereocenters. The number of rotatable bonds is 7. The Bertz CT molecular complexity index is 668. The van der Waals surface area contributed by atoms with E-state index in [0.29, 0.717) is 29.1 Å². The van der Waals surface area contributed by atoms with E-state index in [4.69, 9.17) is 27.9 Å². The van der Waals surface area contributed by atoms with Gasteiger partial charge in [-0.05, 0) is 30.2 Å². The molecular weight excluding hydrogens is 474 g/mol. The van der Waals surface area contributed by atoms with Crippen molar-refractivity contribution in [3.63, 3.8) is 0 Å². The zero-order valence-corrected chi connectivity index (χ0v) is 17.7. The number of aliphatic imine (C=N–C) groups is 1. The van der Waals surface area contributed by atoms with Gasteiger partial charge in [-0.1, -0.05) is 41.4 Å². The van der Waals surface area contributed by atoms with E-state index in [9.17, 15) is 0 Å². The Morgan fingerprint density at radius 2 is 1.88 bits per heavy atom. The molecule has 0 aliphatic carbocycles. The topological polar surface area (TPSA) is 58.5 Å². The van der Waals surface area contributed by atoms with Crippen LogP contribution in [0.15, 0.2) is 47.6 Å². The Kier molecular flexibility index (Phi) is 10.6. The van der Waals surface area contributed by atoms with Crippen molar-refractivity contribution in [3.05, 3.63) is 58.3 Å². The average Bonchev–Trinajstić information content (AvgIpc) is 2.60. The summed E-state index contributed by atoms with van der Waals surface area (Å²) >= 11 is 11.8. The smallest absolute Gasteiger partial charge is 0.191 e. The lowest BCUT2D eigenvalue weighted by molar-refractivity contribution is 0.322. The first-order valence-corrected chi connectivity index (χ1v) is 8.37. The molecule has 0 spiro atoms. The molecule has 0 radical (unpaired) electrons. The molecule has 0 fully saturated rings. The highest BCUT2D eigenvalue weighted by atomic mass is 127. The molecule has 0 amide bonds. The molecule has 5 nitrogen and oxygen atoms in total. The Labute approximate surface area is 175 Å². The van der Waals surface area contributed by atoms with Crippen LogP contribution in [-0.2, 0) is 6.42 Å². The van der Waals surface area contributed by atoms with Crippen molar-refractivity contribution in [1.82, 2.24) is 15.6 Å². The molecule has 2 rings (SSSR count). The molecule has 25 heavy (non-hydrogen) atoms. The van der Waals surface area contributed by atoms with Gasteiger partial charge >= 0.3 is 0 Å². The summed E-state index contributed by atoms with van der Waals surface area (Å²) in [5.74, 6) is 1.40. The Morgan fingerprint density at radius 3 is 2.56 bits per heavy atom. The van der Waals surface area contributed by atoms with Crippen molar-refractivity contribution in [2.45, 2.75) is 6.42 Å². The summed E-state index contributed by atoms with van der Waals surface area (Å²) in [6.07, 6.45) is 2.61. The molecule has 0 unspecified atom stereocenters. The zero-order chi connectivity index (χ0) is 17.2. The maximum atomic E-state index is 6.03. The van der Waals surface area contributed by atoms with Gasteiger partial charge < -0.3 is 15.4 Å². The molecule has 8 heteroatoms. The lowest BCUT2D eigenvalue weighted by atomic mass is 10.2. The quantitative estimate of drug-likeness (QED) is 0.202. The SMILES string of the molecule is CN=C(NCCOc1ccccc1Cl)NCCc1ccc(Cl)nc1.I. The van der Waals surface area contributed by atoms with E-state index in [1.54, 1.807) is 25.4 Å². The summed E-state index contributed by atoms with van der Waals surface area (Å²) in [4.78, 5) is 8.23. The fraction of sp³-hybridized carbons (Fsp3) is 0.294. The van der Waals surface area contributed by atoms with E-state index < -0.39 is 0 Å². The minimum atomic E-state index is 0. The van der Waals surface area contributed by atoms with Crippen LogP contribution in [0.3, 0.4) is 0 Å². The summed E-state index contributed by atoms with van der Waals surface area (Å²) in [5.41, 5.74) is 1.12. The van der Waals surface area contributed by atoms with E-state index in [1.807, 2.05) is 24.3 Å². The maximum absolute atomic E-state index is 6.03. The van der Waals surface area contributed by atoms with E-state index in [0.717, 1.165) is 24.5 Å². The van der Waals surface area contributed by atoms with Crippen molar-refractivity contribution in [1.29, 1.82) is 0 Å². The monoisotopic (exact) mass is 494 g/mol. The van der Waals surface area contributed by atoms with Gasteiger partial charge in [0.05, 0.1) is 11.6 Å². The lowest BCUT2D eigenvalue weighted by Crippen LogP contribution is -2.40. The Morgan fingerprint density at radius 1 is 1.12 bits per heavy atom. The molecule has 136 valence electrons. The van der Waals surface area contributed by atoms with Gasteiger partial charge in [0, 0.05) is 19.8 Å². The Balaban J connectivity index is 0.00000312. The predicted molar refractivity (Wildman–Crippen MR) is 115 cm³/mol. The number of guanidine groups is 1. The van der Waals surface area contributed by atoms with E-state index in [1.165, 1.54) is 0 Å². The number of halogens is 3. The van der Waals surface area contributed by atoms with Crippen molar-refractivity contribution >= 4 is 53.1 Å². The van der Waals surface area contributed by atoms with Gasteiger partial charge in [0.15, 0.2) is 5.96 Å². The van der Waals surface area contributed by atoms with Crippen LogP contribution < -0.4 is 15.4 Å². The fourth-order valence-electron chi connectivity index (χ4n) is 1.99. The standard InChI is InChI=1S/C17H20Cl2N4O.HI/c1-20-17(21-9-8-13-6-7-16(19)23-12-13)22-10-11-24-15-5-3-2-4-14(15)18;/h2-7,12H,8-11H2,1H3,(H2,20,21,22);1H. The van der Waals surface area contributed by atoms with Crippen LogP contribution in [0, 0.1) is 0 Å². The van der Waals surface area contributed by atoms with Gasteiger partial charge in [0.1, 0.15) is 17.5 Å². The highest BCUT2D eigenvalue weighted by Gasteiger charge is 2.01. The first-order valence-electron chi connectivity index (χ1n) is 7.61. The second kappa shape index (κ2) is 12.2. The zero-order valence-electron chi connectivity index (χ0n) is 13.8. The minimum absolute atomic E-state index is 0. The molecule has 0 aliphatic rings. The van der Waals surface area contributed by atoms with E-state index in [2.05, 4.69) is 20.6 Å². The number of para-hydroxylation sites is 1. The van der Waals surface area contributed by atoms with Gasteiger partial charge in [-0.2, -0.15) is 0 Å². The van der Waals surface area contributed by atoms with Crippen LogP contribution in [-0.4, -0.2) is 37.7 Å². The number of benzene rings is 1. The summed E-state index contributed by atoms with van der Waals surface area (Å²) < 4.78 is 5.62. The maximum Gasteiger partial charge on any atom is 0.191 e. The number of nitrogens with zero attached hydrogens (tertiary/aromatic N) is 2. The highest BCUT2D eigenvalue weighted by molar-refractivity contribution is 14.0. The van der Waals surface area contributed by atoms with Crippen molar-refractivity contribution in [2.75, 3.05) is 26.7 Å². The van der Waals surface area contributed by atoms with E-state index in [-0.39, 0.29) is 24.0 Å². The van der Waals surface area contributed by atoms with Gasteiger partial charge in [0.25, 0.3) is 0 Å². The average molecular weight is 495 g/mol. The molecule has 0 saturated carbocycles. The van der Waals surface area contributed by atoms with Crippen LogP contribution in [0.1, 0.15) is 5.56 Å². The largest absolute Gasteiger partial charge is 0.490 e. The lowest BCUT2D eigenvalue weighted by Gasteiger charge is -2.13. The Hall–Kier alpha value is -1.25. The fourth-order valence-corrected chi connectivity index (χ4v) is 2.29. The van der Waals surface area contributed by atoms with Gasteiger partial charge in [-0.15, -0.1) is 24.0 Å². The van der Waals surface area contributed by atoms with Gasteiger partial charge in [-0.3, -0.25) is 4.99 Å². The first kappa shape index (κ1) is 21.8. The minimum Gasteiger partial charge on any atom is -0.490 e. The number of hydrogen-bond donors (Lipinski definition) is 2. The summed E-state index contributed by atoms with van der Waals surface area (Å²) in [6.45, 7) is 1.85. The van der Waals surface area contributed by atoms with Crippen LogP contribution in [0.4, 0.5) is 0 Å². The highest BCUT2D eigenvalue weighted by Crippen LogP contribution is 2.22. The molecule has 2 aromatic rings. The molecule has 0 saturated heterocycles. The second-order valence-electron chi connectivity index (χ2n) is 4.94. The molecule has 1 aromatic carbocycles. The second-order valence-corrected chi connectivity index (χ2v) is 5.74. The van der Waals surface area contributed by atoms with Gasteiger partial charge in [-0.25, -0.2) is 4.98 Å². The van der Waals surface area contributed by atoms with Crippen LogP contribution >= 0.6 is 47.2 Å². The normalized spacial score (nSPS) is 10.8. The summed E-state index contributed by atoms with van der Waals surface area (Å²) in [5, 5.41) is 7.54. The predicted octanol–water partition coefficient (Wildman–Crippen LogP) is 3.79. The third kappa shape index (κ3) is 8.11. The van der Waals surface area contributed by atoms with Crippen LogP contribution in [0.5, 0.6) is 5.75 Å². The molecule has 0 bridgehead atoms. The molecular formula is C17H21Cl2IN4O. The summed E-state index contributed by atoms with van der Waals surface area (Å²) in [7, 11) is 1.73. The molecule has 1 aromatic heterocycles. The van der Waals surface area contributed by atoms with Gasteiger partial charge in [0.2, 0.25) is 0 Å². The number of ether oxygens (including phenoxy) is 1. The summed E-state index contributed by atoms with van der Waals surface area (Å²) in [6, 6.07) is 11.2. The van der Waals surface area contributed by atoms with Crippen LogP contribution in [0.2, 0.25) is 10.2 Å². The van der Waals surface area contributed by atoms with E-state index >= 15 is 0 Å². The number of hydrogen-bond acceptors (Lipinski definition) is 3. The molecule has 0 aliphatic heterocycles.